The first-order valence-corrected chi connectivity index (χ1v) is 11.4. The number of fused-ring (bicyclic) bond motifs is 2. The second-order valence-electron chi connectivity index (χ2n) is 8.01. The number of Topliss-reactive ketones (excluding diaryl/α,β-unsaturated/α-hetero) is 1. The fraction of sp³-hybridized carbons (Fsp3) is 0.160. The van der Waals surface area contributed by atoms with Crippen LogP contribution in [0.4, 0.5) is 5.13 Å². The fourth-order valence-electron chi connectivity index (χ4n) is 4.21. The maximum absolute atomic E-state index is 13.2. The maximum atomic E-state index is 13.2. The number of rotatable bonds is 3. The molecule has 0 radical (unpaired) electrons. The summed E-state index contributed by atoms with van der Waals surface area (Å²) in [5.41, 5.74) is 2.04. The number of anilines is 1. The third-order valence-corrected chi connectivity index (χ3v) is 6.83. The molecule has 1 unspecified atom stereocenters. The molecule has 4 aromatic rings. The zero-order valence-electron chi connectivity index (χ0n) is 18.0. The number of aryl methyl sites for hydroxylation is 1. The Morgan fingerprint density at radius 2 is 1.91 bits per heavy atom. The number of aliphatic hydroxyl groups excluding tert-OH is 1. The summed E-state index contributed by atoms with van der Waals surface area (Å²) in [7, 11) is 0. The molecule has 4 heterocycles. The van der Waals surface area contributed by atoms with Crippen molar-refractivity contribution in [2.24, 2.45) is 0 Å². The Morgan fingerprint density at radius 1 is 1.09 bits per heavy atom. The van der Waals surface area contributed by atoms with Crippen LogP contribution in [0, 0.1) is 6.92 Å². The molecule has 1 N–H and O–H groups in total. The number of furan rings is 1. The van der Waals surface area contributed by atoms with Crippen molar-refractivity contribution in [2.45, 2.75) is 13.0 Å². The molecule has 170 valence electrons. The fourth-order valence-corrected chi connectivity index (χ4v) is 5.31. The van der Waals surface area contributed by atoms with Gasteiger partial charge in [0, 0.05) is 5.56 Å². The summed E-state index contributed by atoms with van der Waals surface area (Å²) < 4.78 is 17.6. The van der Waals surface area contributed by atoms with E-state index in [0.29, 0.717) is 41.2 Å². The van der Waals surface area contributed by atoms with Crippen molar-refractivity contribution in [3.05, 3.63) is 77.3 Å². The highest BCUT2D eigenvalue weighted by Gasteiger charge is 2.49. The molecule has 2 aliphatic rings. The summed E-state index contributed by atoms with van der Waals surface area (Å²) in [6.07, 6.45) is 1.46. The summed E-state index contributed by atoms with van der Waals surface area (Å²) in [6.45, 7) is 2.79. The van der Waals surface area contributed by atoms with Gasteiger partial charge in [0.15, 0.2) is 16.6 Å². The molecule has 0 aliphatic carbocycles. The number of thiazole rings is 1. The van der Waals surface area contributed by atoms with Crippen LogP contribution >= 0.6 is 11.3 Å². The van der Waals surface area contributed by atoms with E-state index in [2.05, 4.69) is 4.98 Å². The maximum Gasteiger partial charge on any atom is 0.302 e. The van der Waals surface area contributed by atoms with Crippen LogP contribution in [-0.2, 0) is 9.59 Å². The van der Waals surface area contributed by atoms with E-state index in [4.69, 9.17) is 13.9 Å². The molecular weight excluding hydrogens is 456 g/mol. The number of aromatic nitrogens is 1. The van der Waals surface area contributed by atoms with Gasteiger partial charge in [-0.15, -0.1) is 0 Å². The summed E-state index contributed by atoms with van der Waals surface area (Å²) >= 11 is 1.30. The van der Waals surface area contributed by atoms with Crippen molar-refractivity contribution < 1.29 is 28.6 Å². The SMILES string of the molecule is Cc1ccc2nc(N3C(=O)C(=O)C(=C(O)c4ccc5c(c4)OCCO5)C3c3ccco3)sc2c1. The van der Waals surface area contributed by atoms with Gasteiger partial charge in [0.2, 0.25) is 0 Å². The highest BCUT2D eigenvalue weighted by Crippen LogP contribution is 2.45. The van der Waals surface area contributed by atoms with Gasteiger partial charge in [-0.3, -0.25) is 14.5 Å². The van der Waals surface area contributed by atoms with Crippen LogP contribution in [-0.4, -0.2) is 35.0 Å². The number of ketones is 1. The lowest BCUT2D eigenvalue weighted by molar-refractivity contribution is -0.132. The van der Waals surface area contributed by atoms with Crippen molar-refractivity contribution >= 4 is 44.1 Å². The Kier molecular flexibility index (Phi) is 4.66. The van der Waals surface area contributed by atoms with E-state index in [1.54, 1.807) is 30.3 Å². The average molecular weight is 474 g/mol. The smallest absolute Gasteiger partial charge is 0.302 e. The lowest BCUT2D eigenvalue weighted by Gasteiger charge is -2.21. The van der Waals surface area contributed by atoms with Crippen molar-refractivity contribution in [3.8, 4) is 11.5 Å². The number of hydrogen-bond acceptors (Lipinski definition) is 8. The first kappa shape index (κ1) is 20.5. The molecule has 6 rings (SSSR count). The van der Waals surface area contributed by atoms with Crippen LogP contribution in [0.1, 0.15) is 22.9 Å². The quantitative estimate of drug-likeness (QED) is 0.263. The molecule has 1 saturated heterocycles. The van der Waals surface area contributed by atoms with Gasteiger partial charge >= 0.3 is 5.91 Å². The first-order valence-electron chi connectivity index (χ1n) is 10.6. The lowest BCUT2D eigenvalue weighted by atomic mass is 9.99. The summed E-state index contributed by atoms with van der Waals surface area (Å²) in [5, 5.41) is 11.6. The van der Waals surface area contributed by atoms with Crippen LogP contribution in [0.15, 0.2) is 64.8 Å². The standard InChI is InChI=1S/C25H18N2O6S/c1-13-4-6-15-19(11-13)34-25(26-15)27-21(17-3-2-8-31-17)20(23(29)24(27)30)22(28)14-5-7-16-18(12-14)33-10-9-32-16/h2-8,11-12,21,28H,9-10H2,1H3. The van der Waals surface area contributed by atoms with E-state index in [-0.39, 0.29) is 11.3 Å². The monoisotopic (exact) mass is 474 g/mol. The third kappa shape index (κ3) is 3.16. The molecule has 2 aromatic heterocycles. The molecule has 1 amide bonds. The molecule has 34 heavy (non-hydrogen) atoms. The van der Waals surface area contributed by atoms with Gasteiger partial charge in [-0.2, -0.15) is 0 Å². The van der Waals surface area contributed by atoms with Gasteiger partial charge in [-0.1, -0.05) is 17.4 Å². The predicted molar refractivity (Wildman–Crippen MR) is 125 cm³/mol. The van der Waals surface area contributed by atoms with Crippen LogP contribution in [0.2, 0.25) is 0 Å². The van der Waals surface area contributed by atoms with Crippen LogP contribution < -0.4 is 14.4 Å². The minimum atomic E-state index is -0.968. The van der Waals surface area contributed by atoms with Crippen molar-refractivity contribution in [1.29, 1.82) is 0 Å². The number of aliphatic hydroxyl groups is 1. The molecule has 0 spiro atoms. The van der Waals surface area contributed by atoms with Crippen LogP contribution in [0.25, 0.3) is 16.0 Å². The molecule has 1 fully saturated rings. The summed E-state index contributed by atoms with van der Waals surface area (Å²) in [6, 6.07) is 13.0. The molecule has 0 bridgehead atoms. The van der Waals surface area contributed by atoms with Gasteiger partial charge in [0.1, 0.15) is 30.8 Å². The Hall–Kier alpha value is -4.11. The second-order valence-corrected chi connectivity index (χ2v) is 9.02. The van der Waals surface area contributed by atoms with Crippen molar-refractivity contribution in [1.82, 2.24) is 4.98 Å². The number of amides is 1. The van der Waals surface area contributed by atoms with E-state index in [0.717, 1.165) is 15.8 Å². The highest BCUT2D eigenvalue weighted by atomic mass is 32.1. The molecule has 8 nitrogen and oxygen atoms in total. The number of benzene rings is 2. The van der Waals surface area contributed by atoms with E-state index >= 15 is 0 Å². The van der Waals surface area contributed by atoms with Crippen LogP contribution in [0.5, 0.6) is 11.5 Å². The van der Waals surface area contributed by atoms with E-state index in [1.807, 2.05) is 25.1 Å². The second kappa shape index (κ2) is 7.74. The predicted octanol–water partition coefficient (Wildman–Crippen LogP) is 4.60. The number of ether oxygens (including phenoxy) is 2. The Balaban J connectivity index is 1.52. The largest absolute Gasteiger partial charge is 0.507 e. The Morgan fingerprint density at radius 3 is 2.71 bits per heavy atom. The molecule has 2 aliphatic heterocycles. The Labute approximate surface area is 197 Å². The summed E-state index contributed by atoms with van der Waals surface area (Å²) in [5.74, 6) is -0.568. The number of hydrogen-bond donors (Lipinski definition) is 1. The molecule has 9 heteroatoms. The van der Waals surface area contributed by atoms with Gasteiger partial charge in [0.05, 0.1) is 22.1 Å². The summed E-state index contributed by atoms with van der Waals surface area (Å²) in [4.78, 5) is 32.4. The minimum absolute atomic E-state index is 0.0768. The van der Waals surface area contributed by atoms with Gasteiger partial charge in [0.25, 0.3) is 5.78 Å². The number of nitrogens with zero attached hydrogens (tertiary/aromatic N) is 2. The zero-order chi connectivity index (χ0) is 23.4. The van der Waals surface area contributed by atoms with Gasteiger partial charge in [-0.25, -0.2) is 4.98 Å². The third-order valence-electron chi connectivity index (χ3n) is 5.81. The molecular formula is C25H18N2O6S. The topological polar surface area (TPSA) is 102 Å². The lowest BCUT2D eigenvalue weighted by Crippen LogP contribution is -2.29. The number of carbonyl (C=O) groups is 2. The molecule has 0 saturated carbocycles. The van der Waals surface area contributed by atoms with E-state index in [9.17, 15) is 14.7 Å². The van der Waals surface area contributed by atoms with Crippen molar-refractivity contribution in [3.63, 3.8) is 0 Å². The highest BCUT2D eigenvalue weighted by molar-refractivity contribution is 7.22. The minimum Gasteiger partial charge on any atom is -0.507 e. The van der Waals surface area contributed by atoms with E-state index in [1.165, 1.54) is 22.5 Å². The molecule has 1 atom stereocenters. The van der Waals surface area contributed by atoms with Gasteiger partial charge in [-0.05, 0) is 55.0 Å². The average Bonchev–Trinajstić information content (AvgIpc) is 3.57. The number of carbonyl (C=O) groups excluding carboxylic acids is 2. The van der Waals surface area contributed by atoms with E-state index < -0.39 is 17.7 Å². The zero-order valence-corrected chi connectivity index (χ0v) is 18.8. The van der Waals surface area contributed by atoms with Crippen molar-refractivity contribution in [2.75, 3.05) is 18.1 Å². The van der Waals surface area contributed by atoms with Crippen LogP contribution in [0.3, 0.4) is 0 Å². The molecule has 2 aromatic carbocycles. The Bertz CT molecular complexity index is 1490. The van der Waals surface area contributed by atoms with Gasteiger partial charge < -0.3 is 19.0 Å². The first-order chi connectivity index (χ1) is 16.5. The normalized spacial score (nSPS) is 19.2.